The summed E-state index contributed by atoms with van der Waals surface area (Å²) in [5.41, 5.74) is -0.0263. The molecule has 2 aromatic carbocycles. The van der Waals surface area contributed by atoms with Crippen LogP contribution < -0.4 is 0 Å². The molecule has 2 heterocycles. The first-order chi connectivity index (χ1) is 13.0. The molecular formula is C20H13FN2O3S. The van der Waals surface area contributed by atoms with Gasteiger partial charge in [-0.2, -0.15) is 0 Å². The minimum atomic E-state index is -4.06. The van der Waals surface area contributed by atoms with E-state index in [0.29, 0.717) is 10.9 Å². The van der Waals surface area contributed by atoms with Crippen molar-refractivity contribution in [2.24, 2.45) is 0 Å². The average molecular weight is 380 g/mol. The van der Waals surface area contributed by atoms with E-state index >= 15 is 0 Å². The molecule has 0 unspecified atom stereocenters. The van der Waals surface area contributed by atoms with Crippen molar-refractivity contribution in [3.05, 3.63) is 96.2 Å². The molecule has 0 radical (unpaired) electrons. The lowest BCUT2D eigenvalue weighted by Crippen LogP contribution is -2.19. The minimum absolute atomic E-state index is 0.0376. The summed E-state index contributed by atoms with van der Waals surface area (Å²) in [4.78, 5) is 16.7. The van der Waals surface area contributed by atoms with Crippen LogP contribution in [0.3, 0.4) is 0 Å². The minimum Gasteiger partial charge on any atom is -0.287 e. The van der Waals surface area contributed by atoms with Crippen molar-refractivity contribution in [2.75, 3.05) is 0 Å². The van der Waals surface area contributed by atoms with Crippen molar-refractivity contribution >= 4 is 26.7 Å². The highest BCUT2D eigenvalue weighted by molar-refractivity contribution is 7.90. The Morgan fingerprint density at radius 3 is 2.41 bits per heavy atom. The first kappa shape index (κ1) is 17.1. The van der Waals surface area contributed by atoms with Crippen molar-refractivity contribution < 1.29 is 17.6 Å². The van der Waals surface area contributed by atoms with Crippen LogP contribution in [0.25, 0.3) is 10.9 Å². The third kappa shape index (κ3) is 2.82. The number of hydrogen-bond acceptors (Lipinski definition) is 4. The van der Waals surface area contributed by atoms with Gasteiger partial charge in [-0.25, -0.2) is 16.8 Å². The van der Waals surface area contributed by atoms with Crippen LogP contribution in [-0.2, 0) is 10.0 Å². The van der Waals surface area contributed by atoms with Crippen molar-refractivity contribution in [1.82, 2.24) is 8.96 Å². The molecule has 0 saturated carbocycles. The number of nitrogens with zero attached hydrogens (tertiary/aromatic N) is 2. The molecule has 7 heteroatoms. The molecule has 2 aromatic heterocycles. The topological polar surface area (TPSA) is 69.0 Å². The van der Waals surface area contributed by atoms with Crippen LogP contribution >= 0.6 is 0 Å². The molecular weight excluding hydrogens is 367 g/mol. The highest BCUT2D eigenvalue weighted by Crippen LogP contribution is 2.27. The number of pyridine rings is 1. The molecule has 0 fully saturated rings. The average Bonchev–Trinajstić information content (AvgIpc) is 3.09. The van der Waals surface area contributed by atoms with Crippen LogP contribution in [0.2, 0.25) is 0 Å². The Kier molecular flexibility index (Phi) is 4.08. The van der Waals surface area contributed by atoms with Crippen molar-refractivity contribution in [1.29, 1.82) is 0 Å². The zero-order chi connectivity index (χ0) is 19.0. The lowest BCUT2D eigenvalue weighted by molar-refractivity contribution is 0.103. The molecule has 134 valence electrons. The van der Waals surface area contributed by atoms with Crippen molar-refractivity contribution in [3.8, 4) is 0 Å². The Morgan fingerprint density at radius 1 is 0.963 bits per heavy atom. The lowest BCUT2D eigenvalue weighted by atomic mass is 10.1. The van der Waals surface area contributed by atoms with Gasteiger partial charge in [-0.1, -0.05) is 36.4 Å². The van der Waals surface area contributed by atoms with Gasteiger partial charge >= 0.3 is 0 Å². The summed E-state index contributed by atoms with van der Waals surface area (Å²) in [6, 6.07) is 17.2. The van der Waals surface area contributed by atoms with Gasteiger partial charge in [-0.05, 0) is 30.3 Å². The second-order valence-corrected chi connectivity index (χ2v) is 7.64. The Hall–Kier alpha value is -3.32. The predicted molar refractivity (Wildman–Crippen MR) is 98.6 cm³/mol. The van der Waals surface area contributed by atoms with Gasteiger partial charge in [0.2, 0.25) is 5.78 Å². The molecule has 0 amide bonds. The second kappa shape index (κ2) is 6.44. The Bertz CT molecular complexity index is 1260. The van der Waals surface area contributed by atoms with Gasteiger partial charge < -0.3 is 0 Å². The number of rotatable bonds is 4. The number of ketones is 1. The largest absolute Gasteiger partial charge is 0.287 e. The van der Waals surface area contributed by atoms with Gasteiger partial charge in [0.25, 0.3) is 10.0 Å². The van der Waals surface area contributed by atoms with E-state index in [4.69, 9.17) is 0 Å². The summed E-state index contributed by atoms with van der Waals surface area (Å²) in [5, 5.41) is 0.565. The lowest BCUT2D eigenvalue weighted by Gasteiger charge is -2.11. The quantitative estimate of drug-likeness (QED) is 0.507. The summed E-state index contributed by atoms with van der Waals surface area (Å²) in [6.45, 7) is 0. The van der Waals surface area contributed by atoms with Crippen LogP contribution in [-0.4, -0.2) is 23.2 Å². The molecule has 0 N–H and O–H groups in total. The summed E-state index contributed by atoms with van der Waals surface area (Å²) in [6.07, 6.45) is 2.21. The fourth-order valence-corrected chi connectivity index (χ4v) is 4.47. The van der Waals surface area contributed by atoms with Gasteiger partial charge in [0, 0.05) is 11.6 Å². The van der Waals surface area contributed by atoms with Crippen molar-refractivity contribution in [3.63, 3.8) is 0 Å². The van der Waals surface area contributed by atoms with Crippen LogP contribution in [0.4, 0.5) is 4.39 Å². The third-order valence-electron chi connectivity index (χ3n) is 4.20. The maximum Gasteiger partial charge on any atom is 0.268 e. The monoisotopic (exact) mass is 380 g/mol. The molecule has 0 atom stereocenters. The van der Waals surface area contributed by atoms with E-state index in [1.807, 2.05) is 0 Å². The van der Waals surface area contributed by atoms with E-state index in [1.165, 1.54) is 30.5 Å². The van der Waals surface area contributed by atoms with E-state index < -0.39 is 21.6 Å². The van der Waals surface area contributed by atoms with E-state index in [0.717, 1.165) is 10.2 Å². The van der Waals surface area contributed by atoms with Gasteiger partial charge in [0.05, 0.1) is 22.2 Å². The molecule has 0 saturated heterocycles. The second-order valence-electron chi connectivity index (χ2n) is 5.86. The maximum absolute atomic E-state index is 14.1. The molecule has 0 aliphatic heterocycles. The fourth-order valence-electron chi connectivity index (χ4n) is 2.94. The van der Waals surface area contributed by atoms with Crippen molar-refractivity contribution in [2.45, 2.75) is 4.90 Å². The number of hydrogen-bond donors (Lipinski definition) is 0. The Labute approximate surface area is 154 Å². The number of benzene rings is 2. The standard InChI is InChI=1S/C20H13FN2O3S/c21-17-13-22-11-10-16(17)20(24)19-12-14-6-4-5-9-18(14)23(19)27(25,26)15-7-2-1-3-8-15/h1-13H. The number of fused-ring (bicyclic) bond motifs is 1. The van der Waals surface area contributed by atoms with Gasteiger partial charge in [0.15, 0.2) is 5.82 Å². The molecule has 0 spiro atoms. The number of carbonyl (C=O) groups excluding carboxylic acids is 1. The molecule has 0 aliphatic rings. The zero-order valence-electron chi connectivity index (χ0n) is 13.9. The molecule has 27 heavy (non-hydrogen) atoms. The number of aromatic nitrogens is 2. The van der Waals surface area contributed by atoms with E-state index in [-0.39, 0.29) is 16.2 Å². The van der Waals surface area contributed by atoms with Gasteiger partial charge in [-0.15, -0.1) is 0 Å². The normalized spacial score (nSPS) is 11.6. The summed E-state index contributed by atoms with van der Waals surface area (Å²) in [7, 11) is -4.06. The smallest absolute Gasteiger partial charge is 0.268 e. The highest BCUT2D eigenvalue weighted by atomic mass is 32.2. The third-order valence-corrected chi connectivity index (χ3v) is 5.94. The first-order valence-electron chi connectivity index (χ1n) is 8.05. The van der Waals surface area contributed by atoms with Crippen LogP contribution in [0, 0.1) is 5.82 Å². The Morgan fingerprint density at radius 2 is 1.67 bits per heavy atom. The van der Waals surface area contributed by atoms with E-state index in [2.05, 4.69) is 4.98 Å². The first-order valence-corrected chi connectivity index (χ1v) is 9.49. The summed E-state index contributed by atoms with van der Waals surface area (Å²) >= 11 is 0. The fraction of sp³-hybridized carbons (Fsp3) is 0. The van der Waals surface area contributed by atoms with Crippen LogP contribution in [0.15, 0.2) is 84.0 Å². The molecule has 5 nitrogen and oxygen atoms in total. The predicted octanol–water partition coefficient (Wildman–Crippen LogP) is 3.64. The summed E-state index contributed by atoms with van der Waals surface area (Å²) < 4.78 is 41.6. The summed E-state index contributed by atoms with van der Waals surface area (Å²) in [5.74, 6) is -1.54. The molecule has 0 aliphatic carbocycles. The zero-order valence-corrected chi connectivity index (χ0v) is 14.7. The van der Waals surface area contributed by atoms with Gasteiger partial charge in [0.1, 0.15) is 5.69 Å². The maximum atomic E-state index is 14.1. The van der Waals surface area contributed by atoms with E-state index in [1.54, 1.807) is 42.5 Å². The molecule has 0 bridgehead atoms. The van der Waals surface area contributed by atoms with Crippen LogP contribution in [0.1, 0.15) is 16.1 Å². The van der Waals surface area contributed by atoms with E-state index in [9.17, 15) is 17.6 Å². The molecule has 4 aromatic rings. The number of para-hydroxylation sites is 1. The van der Waals surface area contributed by atoms with Gasteiger partial charge in [-0.3, -0.25) is 9.78 Å². The number of halogens is 1. The molecule has 4 rings (SSSR count). The highest BCUT2D eigenvalue weighted by Gasteiger charge is 2.27. The SMILES string of the molecule is O=C(c1ccncc1F)c1cc2ccccc2n1S(=O)(=O)c1ccccc1. The Balaban J connectivity index is 2.02. The number of carbonyl (C=O) groups is 1. The van der Waals surface area contributed by atoms with Crippen LogP contribution in [0.5, 0.6) is 0 Å².